The van der Waals surface area contributed by atoms with Gasteiger partial charge in [-0.1, -0.05) is 28.1 Å². The van der Waals surface area contributed by atoms with Gasteiger partial charge in [0.05, 0.1) is 23.6 Å². The normalized spacial score (nSPS) is 12.0. The predicted molar refractivity (Wildman–Crippen MR) is 93.7 cm³/mol. The van der Waals surface area contributed by atoms with E-state index in [0.717, 1.165) is 31.6 Å². The molecule has 0 heterocycles. The van der Waals surface area contributed by atoms with Gasteiger partial charge in [-0.3, -0.25) is 0 Å². The summed E-state index contributed by atoms with van der Waals surface area (Å²) in [6.07, 6.45) is 0. The summed E-state index contributed by atoms with van der Waals surface area (Å²) in [7, 11) is 1.64. The van der Waals surface area contributed by atoms with Gasteiger partial charge in [0.1, 0.15) is 11.5 Å². The summed E-state index contributed by atoms with van der Waals surface area (Å²) in [5, 5.41) is -0.253. The van der Waals surface area contributed by atoms with Gasteiger partial charge in [-0.25, -0.2) is 0 Å². The molecule has 5 heteroatoms. The van der Waals surface area contributed by atoms with Crippen LogP contribution in [0.25, 0.3) is 0 Å². The van der Waals surface area contributed by atoms with Crippen LogP contribution in [0.15, 0.2) is 45.3 Å². The summed E-state index contributed by atoms with van der Waals surface area (Å²) >= 11 is 13.6. The molecule has 1 unspecified atom stereocenters. The maximum Gasteiger partial charge on any atom is 0.133 e. The van der Waals surface area contributed by atoms with Crippen LogP contribution in [0, 0.1) is 0 Å². The topological polar surface area (TPSA) is 18.5 Å². The molecule has 112 valence electrons. The lowest BCUT2D eigenvalue weighted by molar-refractivity contribution is 0.340. The summed E-state index contributed by atoms with van der Waals surface area (Å²) < 4.78 is 12.5. The van der Waals surface area contributed by atoms with Crippen molar-refractivity contribution in [2.75, 3.05) is 13.7 Å². The van der Waals surface area contributed by atoms with Crippen LogP contribution >= 0.6 is 43.5 Å². The van der Waals surface area contributed by atoms with E-state index in [1.54, 1.807) is 7.11 Å². The first kappa shape index (κ1) is 16.7. The Balaban J connectivity index is 2.31. The molecular formula is C16H15Br2ClO2. The van der Waals surface area contributed by atoms with Gasteiger partial charge in [0.15, 0.2) is 0 Å². The van der Waals surface area contributed by atoms with Gasteiger partial charge in [0.2, 0.25) is 0 Å². The maximum absolute atomic E-state index is 6.60. The monoisotopic (exact) mass is 432 g/mol. The van der Waals surface area contributed by atoms with E-state index in [1.807, 2.05) is 43.3 Å². The number of alkyl halides is 1. The molecule has 0 aliphatic rings. The van der Waals surface area contributed by atoms with Crippen LogP contribution in [0.1, 0.15) is 23.4 Å². The largest absolute Gasteiger partial charge is 0.496 e. The predicted octanol–water partition coefficient (Wildman–Crippen LogP) is 5.95. The third-order valence-corrected chi connectivity index (χ3v) is 4.82. The molecule has 0 aliphatic carbocycles. The molecule has 1 atom stereocenters. The summed E-state index contributed by atoms with van der Waals surface area (Å²) in [5.41, 5.74) is 1.99. The molecule has 2 rings (SSSR count). The zero-order chi connectivity index (χ0) is 15.4. The standard InChI is InChI=1S/C16H15Br2ClO2/c1-3-21-11-5-6-12(13(17)9-11)16(19)10-4-7-15(20-2)14(18)8-10/h4-9,16H,3H2,1-2H3. The van der Waals surface area contributed by atoms with E-state index in [2.05, 4.69) is 31.9 Å². The highest BCUT2D eigenvalue weighted by Gasteiger charge is 2.16. The minimum Gasteiger partial charge on any atom is -0.496 e. The number of rotatable bonds is 5. The smallest absolute Gasteiger partial charge is 0.133 e. The molecule has 0 amide bonds. The van der Waals surface area contributed by atoms with Gasteiger partial charge >= 0.3 is 0 Å². The van der Waals surface area contributed by atoms with Gasteiger partial charge in [0, 0.05) is 4.47 Å². The number of ether oxygens (including phenoxy) is 2. The van der Waals surface area contributed by atoms with E-state index in [1.165, 1.54) is 0 Å². The van der Waals surface area contributed by atoms with Crippen LogP contribution in [0.4, 0.5) is 0 Å². The van der Waals surface area contributed by atoms with Crippen molar-refractivity contribution in [1.82, 2.24) is 0 Å². The number of hydrogen-bond acceptors (Lipinski definition) is 2. The summed E-state index contributed by atoms with van der Waals surface area (Å²) in [4.78, 5) is 0. The quantitative estimate of drug-likeness (QED) is 0.542. The second-order valence-electron chi connectivity index (χ2n) is 4.37. The molecule has 0 bridgehead atoms. The highest BCUT2D eigenvalue weighted by Crippen LogP contribution is 2.38. The first-order valence-corrected chi connectivity index (χ1v) is 8.48. The lowest BCUT2D eigenvalue weighted by Gasteiger charge is -2.15. The number of hydrogen-bond donors (Lipinski definition) is 0. The molecule has 21 heavy (non-hydrogen) atoms. The van der Waals surface area contributed by atoms with Crippen molar-refractivity contribution in [3.8, 4) is 11.5 Å². The maximum atomic E-state index is 6.60. The number of benzene rings is 2. The van der Waals surface area contributed by atoms with Crippen LogP contribution in [0.5, 0.6) is 11.5 Å². The average Bonchev–Trinajstić information content (AvgIpc) is 2.47. The van der Waals surface area contributed by atoms with Crippen molar-refractivity contribution in [3.05, 3.63) is 56.5 Å². The number of methoxy groups -OCH3 is 1. The summed E-state index contributed by atoms with van der Waals surface area (Å²) in [6.45, 7) is 2.60. The summed E-state index contributed by atoms with van der Waals surface area (Å²) in [5.74, 6) is 1.61. The molecule has 0 radical (unpaired) electrons. The Morgan fingerprint density at radius 1 is 1.10 bits per heavy atom. The second kappa shape index (κ2) is 7.52. The molecular weight excluding hydrogens is 419 g/mol. The fraction of sp³-hybridized carbons (Fsp3) is 0.250. The Labute approximate surface area is 146 Å². The van der Waals surface area contributed by atoms with Crippen LogP contribution in [-0.4, -0.2) is 13.7 Å². The van der Waals surface area contributed by atoms with Gasteiger partial charge < -0.3 is 9.47 Å². The van der Waals surface area contributed by atoms with Gasteiger partial charge in [0.25, 0.3) is 0 Å². The molecule has 0 fully saturated rings. The highest BCUT2D eigenvalue weighted by atomic mass is 79.9. The van der Waals surface area contributed by atoms with Crippen molar-refractivity contribution < 1.29 is 9.47 Å². The van der Waals surface area contributed by atoms with E-state index in [-0.39, 0.29) is 5.38 Å². The Morgan fingerprint density at radius 3 is 2.43 bits per heavy atom. The Hall–Kier alpha value is -0.710. The molecule has 0 saturated carbocycles. The van der Waals surface area contributed by atoms with Gasteiger partial charge in [-0.05, 0) is 58.2 Å². The molecule has 0 N–H and O–H groups in total. The zero-order valence-electron chi connectivity index (χ0n) is 11.7. The fourth-order valence-corrected chi connectivity index (χ4v) is 3.59. The second-order valence-corrected chi connectivity index (χ2v) is 6.52. The van der Waals surface area contributed by atoms with Gasteiger partial charge in [-0.15, -0.1) is 11.6 Å². The Morgan fingerprint density at radius 2 is 1.86 bits per heavy atom. The van der Waals surface area contributed by atoms with Crippen molar-refractivity contribution in [3.63, 3.8) is 0 Å². The van der Waals surface area contributed by atoms with Crippen molar-refractivity contribution in [2.45, 2.75) is 12.3 Å². The van der Waals surface area contributed by atoms with Crippen LogP contribution in [0.2, 0.25) is 0 Å². The highest BCUT2D eigenvalue weighted by molar-refractivity contribution is 9.10. The minimum atomic E-state index is -0.253. The van der Waals surface area contributed by atoms with E-state index >= 15 is 0 Å². The first-order chi connectivity index (χ1) is 10.1. The summed E-state index contributed by atoms with van der Waals surface area (Å²) in [6, 6.07) is 11.7. The molecule has 2 nitrogen and oxygen atoms in total. The van der Waals surface area contributed by atoms with Crippen LogP contribution in [0.3, 0.4) is 0 Å². The lowest BCUT2D eigenvalue weighted by atomic mass is 10.0. The zero-order valence-corrected chi connectivity index (χ0v) is 15.6. The van der Waals surface area contributed by atoms with E-state index in [4.69, 9.17) is 21.1 Å². The fourth-order valence-electron chi connectivity index (χ4n) is 1.99. The van der Waals surface area contributed by atoms with E-state index < -0.39 is 0 Å². The van der Waals surface area contributed by atoms with E-state index in [9.17, 15) is 0 Å². The van der Waals surface area contributed by atoms with Crippen molar-refractivity contribution >= 4 is 43.5 Å². The SMILES string of the molecule is CCOc1ccc(C(Cl)c2ccc(OC)c(Br)c2)c(Br)c1. The first-order valence-electron chi connectivity index (χ1n) is 6.46. The minimum absolute atomic E-state index is 0.253. The third kappa shape index (κ3) is 3.93. The Bertz CT molecular complexity index is 632. The molecule has 2 aromatic rings. The molecule has 0 saturated heterocycles. The molecule has 0 aromatic heterocycles. The van der Waals surface area contributed by atoms with E-state index in [0.29, 0.717) is 6.61 Å². The van der Waals surface area contributed by atoms with Gasteiger partial charge in [-0.2, -0.15) is 0 Å². The van der Waals surface area contributed by atoms with Crippen molar-refractivity contribution in [1.29, 1.82) is 0 Å². The van der Waals surface area contributed by atoms with Crippen LogP contribution < -0.4 is 9.47 Å². The number of halogens is 3. The van der Waals surface area contributed by atoms with Crippen molar-refractivity contribution in [2.24, 2.45) is 0 Å². The lowest BCUT2D eigenvalue weighted by Crippen LogP contribution is -1.97. The molecule has 0 spiro atoms. The third-order valence-electron chi connectivity index (χ3n) is 3.02. The van der Waals surface area contributed by atoms with Crippen LogP contribution in [-0.2, 0) is 0 Å². The Kier molecular flexibility index (Phi) is 5.97. The molecule has 0 aliphatic heterocycles. The average molecular weight is 435 g/mol. The molecule has 2 aromatic carbocycles.